The van der Waals surface area contributed by atoms with Crippen molar-refractivity contribution in [3.8, 4) is 11.5 Å². The second-order valence-electron chi connectivity index (χ2n) is 4.78. The van der Waals surface area contributed by atoms with E-state index < -0.39 is 0 Å². The summed E-state index contributed by atoms with van der Waals surface area (Å²) in [4.78, 5) is 10.8. The molecule has 0 amide bonds. The lowest BCUT2D eigenvalue weighted by Gasteiger charge is -2.09. The van der Waals surface area contributed by atoms with Gasteiger partial charge in [0.25, 0.3) is 0 Å². The molecule has 3 nitrogen and oxygen atoms in total. The molecule has 19 heavy (non-hydrogen) atoms. The smallest absolute Gasteiger partial charge is 0.171 e. The number of ether oxygens (including phenoxy) is 1. The Hall–Kier alpha value is -1.51. The maximum Gasteiger partial charge on any atom is 0.171 e. The third-order valence-electron chi connectivity index (χ3n) is 3.15. The van der Waals surface area contributed by atoms with Crippen LogP contribution in [0.25, 0.3) is 0 Å². The molecule has 0 radical (unpaired) electrons. The molecule has 3 heteroatoms. The van der Waals surface area contributed by atoms with Crippen LogP contribution in [0.4, 0.5) is 0 Å². The normalized spacial score (nSPS) is 10.4. The van der Waals surface area contributed by atoms with E-state index in [4.69, 9.17) is 4.74 Å². The quantitative estimate of drug-likeness (QED) is 0.505. The largest absolute Gasteiger partial charge is 0.504 e. The fraction of sp³-hybridized carbons (Fsp3) is 0.562. The predicted molar refractivity (Wildman–Crippen MR) is 77.0 cm³/mol. The van der Waals surface area contributed by atoms with Gasteiger partial charge < -0.3 is 9.84 Å². The summed E-state index contributed by atoms with van der Waals surface area (Å²) in [5, 5.41) is 9.64. The molecule has 0 atom stereocenters. The van der Waals surface area contributed by atoms with Crippen LogP contribution in [0.15, 0.2) is 18.2 Å². The summed E-state index contributed by atoms with van der Waals surface area (Å²) in [7, 11) is 0. The fourth-order valence-corrected chi connectivity index (χ4v) is 2.03. The number of benzene rings is 1. The van der Waals surface area contributed by atoms with E-state index in [0.29, 0.717) is 24.2 Å². The first kappa shape index (κ1) is 15.5. The molecule has 1 aromatic carbocycles. The van der Waals surface area contributed by atoms with Crippen LogP contribution >= 0.6 is 0 Å². The van der Waals surface area contributed by atoms with Crippen molar-refractivity contribution in [2.75, 3.05) is 6.61 Å². The Bertz CT molecular complexity index is 374. The third-order valence-corrected chi connectivity index (χ3v) is 3.15. The summed E-state index contributed by atoms with van der Waals surface area (Å²) >= 11 is 0. The van der Waals surface area contributed by atoms with Crippen LogP contribution in [-0.4, -0.2) is 18.0 Å². The second kappa shape index (κ2) is 9.42. The molecule has 0 saturated heterocycles. The van der Waals surface area contributed by atoms with E-state index in [1.165, 1.54) is 38.2 Å². The van der Waals surface area contributed by atoms with Gasteiger partial charge in [-0.05, 0) is 18.6 Å². The van der Waals surface area contributed by atoms with Gasteiger partial charge in [0.1, 0.15) is 0 Å². The van der Waals surface area contributed by atoms with Crippen LogP contribution < -0.4 is 4.74 Å². The minimum atomic E-state index is 0.0348. The van der Waals surface area contributed by atoms with E-state index in [1.54, 1.807) is 12.1 Å². The van der Waals surface area contributed by atoms with Crippen molar-refractivity contribution >= 4 is 6.29 Å². The van der Waals surface area contributed by atoms with E-state index in [-0.39, 0.29) is 5.75 Å². The molecule has 0 fully saturated rings. The standard InChI is InChI=1S/C16H24O3/c1-2-3-4-5-6-7-8-12-19-16-14(13-17)10-9-11-15(16)18/h9-11,13,18H,2-8,12H2,1H3. The first-order valence-electron chi connectivity index (χ1n) is 7.19. The van der Waals surface area contributed by atoms with Crippen LogP contribution in [0.3, 0.4) is 0 Å². The highest BCUT2D eigenvalue weighted by molar-refractivity contribution is 5.80. The van der Waals surface area contributed by atoms with Gasteiger partial charge in [-0.1, -0.05) is 51.5 Å². The molecule has 0 saturated carbocycles. The van der Waals surface area contributed by atoms with Gasteiger partial charge in [0.15, 0.2) is 17.8 Å². The van der Waals surface area contributed by atoms with Crippen LogP contribution in [-0.2, 0) is 0 Å². The first-order valence-corrected chi connectivity index (χ1v) is 7.19. The fourth-order valence-electron chi connectivity index (χ4n) is 2.03. The highest BCUT2D eigenvalue weighted by Gasteiger charge is 2.07. The van der Waals surface area contributed by atoms with Gasteiger partial charge in [-0.2, -0.15) is 0 Å². The Kier molecular flexibility index (Phi) is 7.71. The molecule has 0 aliphatic rings. The number of phenolic OH excluding ortho intramolecular Hbond substituents is 1. The highest BCUT2D eigenvalue weighted by Crippen LogP contribution is 2.28. The molecule has 0 spiro atoms. The highest BCUT2D eigenvalue weighted by atomic mass is 16.5. The van der Waals surface area contributed by atoms with E-state index in [0.717, 1.165) is 12.8 Å². The zero-order valence-corrected chi connectivity index (χ0v) is 11.7. The van der Waals surface area contributed by atoms with Gasteiger partial charge in [-0.3, -0.25) is 4.79 Å². The number of para-hydroxylation sites is 1. The van der Waals surface area contributed by atoms with Crippen molar-refractivity contribution in [1.82, 2.24) is 0 Å². The lowest BCUT2D eigenvalue weighted by Crippen LogP contribution is -2.00. The Morgan fingerprint density at radius 3 is 2.47 bits per heavy atom. The van der Waals surface area contributed by atoms with Crippen molar-refractivity contribution in [3.05, 3.63) is 23.8 Å². The molecule has 0 aromatic heterocycles. The number of hydrogen-bond acceptors (Lipinski definition) is 3. The molecule has 0 aliphatic heterocycles. The van der Waals surface area contributed by atoms with E-state index in [2.05, 4.69) is 6.92 Å². The van der Waals surface area contributed by atoms with Gasteiger partial charge in [-0.15, -0.1) is 0 Å². The summed E-state index contributed by atoms with van der Waals surface area (Å²) in [5.74, 6) is 0.344. The van der Waals surface area contributed by atoms with Crippen molar-refractivity contribution in [1.29, 1.82) is 0 Å². The molecule has 0 aliphatic carbocycles. The summed E-state index contributed by atoms with van der Waals surface area (Å²) in [6.45, 7) is 2.76. The summed E-state index contributed by atoms with van der Waals surface area (Å²) < 4.78 is 5.51. The van der Waals surface area contributed by atoms with E-state index in [9.17, 15) is 9.90 Å². The third kappa shape index (κ3) is 5.77. The van der Waals surface area contributed by atoms with Crippen LogP contribution in [0.1, 0.15) is 62.2 Å². The predicted octanol–water partition coefficient (Wildman–Crippen LogP) is 4.33. The molecule has 1 N–H and O–H groups in total. The molecule has 0 heterocycles. The van der Waals surface area contributed by atoms with Crippen LogP contribution in [0.5, 0.6) is 11.5 Å². The summed E-state index contributed by atoms with van der Waals surface area (Å²) in [5.41, 5.74) is 0.406. The topological polar surface area (TPSA) is 46.5 Å². The van der Waals surface area contributed by atoms with Crippen LogP contribution in [0, 0.1) is 0 Å². The second-order valence-corrected chi connectivity index (χ2v) is 4.78. The average Bonchev–Trinajstić information content (AvgIpc) is 2.43. The zero-order chi connectivity index (χ0) is 13.9. The molecular weight excluding hydrogens is 240 g/mol. The molecule has 106 valence electrons. The lowest BCUT2D eigenvalue weighted by molar-refractivity contribution is 0.111. The van der Waals surface area contributed by atoms with Gasteiger partial charge in [0, 0.05) is 0 Å². The van der Waals surface area contributed by atoms with Gasteiger partial charge in [0.05, 0.1) is 12.2 Å². The number of aldehydes is 1. The number of rotatable bonds is 10. The number of hydrogen-bond donors (Lipinski definition) is 1. The lowest BCUT2D eigenvalue weighted by atomic mass is 10.1. The minimum absolute atomic E-state index is 0.0348. The number of phenols is 1. The Morgan fingerprint density at radius 1 is 1.11 bits per heavy atom. The maximum absolute atomic E-state index is 10.8. The van der Waals surface area contributed by atoms with Gasteiger partial charge in [-0.25, -0.2) is 0 Å². The zero-order valence-electron chi connectivity index (χ0n) is 11.7. The molecule has 1 aromatic rings. The van der Waals surface area contributed by atoms with E-state index in [1.807, 2.05) is 0 Å². The number of carbonyl (C=O) groups is 1. The first-order chi connectivity index (χ1) is 9.29. The number of unbranched alkanes of at least 4 members (excludes halogenated alkanes) is 6. The number of carbonyl (C=O) groups excluding carboxylic acids is 1. The summed E-state index contributed by atoms with van der Waals surface area (Å²) in [6.07, 6.45) is 9.20. The molecular formula is C16H24O3. The monoisotopic (exact) mass is 264 g/mol. The molecule has 0 unspecified atom stereocenters. The Balaban J connectivity index is 2.21. The van der Waals surface area contributed by atoms with E-state index >= 15 is 0 Å². The Labute approximate surface area is 115 Å². The van der Waals surface area contributed by atoms with Gasteiger partial charge in [0.2, 0.25) is 0 Å². The Morgan fingerprint density at radius 2 is 1.79 bits per heavy atom. The van der Waals surface area contributed by atoms with Crippen molar-refractivity contribution in [3.63, 3.8) is 0 Å². The van der Waals surface area contributed by atoms with Crippen molar-refractivity contribution < 1.29 is 14.6 Å². The van der Waals surface area contributed by atoms with Crippen LogP contribution in [0.2, 0.25) is 0 Å². The number of aromatic hydroxyl groups is 1. The van der Waals surface area contributed by atoms with Crippen molar-refractivity contribution in [2.24, 2.45) is 0 Å². The van der Waals surface area contributed by atoms with Gasteiger partial charge >= 0.3 is 0 Å². The average molecular weight is 264 g/mol. The minimum Gasteiger partial charge on any atom is -0.504 e. The van der Waals surface area contributed by atoms with Crippen molar-refractivity contribution in [2.45, 2.75) is 51.9 Å². The summed E-state index contributed by atoms with van der Waals surface area (Å²) in [6, 6.07) is 4.82. The maximum atomic E-state index is 10.8. The SMILES string of the molecule is CCCCCCCCCOc1c(O)cccc1C=O. The molecule has 1 rings (SSSR count). The molecule has 0 bridgehead atoms.